The Morgan fingerprint density at radius 1 is 1.04 bits per heavy atom. The number of amides is 2. The monoisotopic (exact) mass is 342 g/mol. The van der Waals surface area contributed by atoms with Crippen LogP contribution in [0.3, 0.4) is 0 Å². The third kappa shape index (κ3) is 4.73. The van der Waals surface area contributed by atoms with Crippen LogP contribution in [-0.4, -0.2) is 44.5 Å². The molecule has 6 nitrogen and oxygen atoms in total. The van der Waals surface area contributed by atoms with Gasteiger partial charge in [0.2, 0.25) is 5.91 Å². The molecule has 0 heterocycles. The molecule has 0 unspecified atom stereocenters. The number of carbonyl (C=O) groups is 2. The number of ether oxygens (including phenoxy) is 2. The van der Waals surface area contributed by atoms with Gasteiger partial charge in [0, 0.05) is 18.8 Å². The number of rotatable bonds is 6. The van der Waals surface area contributed by atoms with Crippen LogP contribution in [0.4, 0.5) is 5.69 Å². The maximum atomic E-state index is 12.6. The Labute approximate surface area is 147 Å². The summed E-state index contributed by atoms with van der Waals surface area (Å²) in [5.41, 5.74) is 2.17. The number of methoxy groups -OCH3 is 2. The number of anilines is 1. The molecule has 0 spiro atoms. The second-order valence-electron chi connectivity index (χ2n) is 5.64. The van der Waals surface area contributed by atoms with Crippen molar-refractivity contribution in [1.29, 1.82) is 0 Å². The van der Waals surface area contributed by atoms with Crippen molar-refractivity contribution in [3.8, 4) is 11.5 Å². The minimum Gasteiger partial charge on any atom is -0.497 e. The van der Waals surface area contributed by atoms with Gasteiger partial charge in [-0.15, -0.1) is 0 Å². The van der Waals surface area contributed by atoms with E-state index in [2.05, 4.69) is 5.32 Å². The molecule has 0 fully saturated rings. The normalized spacial score (nSPS) is 10.1. The number of nitrogens with one attached hydrogen (secondary N) is 1. The zero-order valence-electron chi connectivity index (χ0n) is 14.8. The molecule has 1 N–H and O–H groups in total. The lowest BCUT2D eigenvalue weighted by atomic mass is 10.1. The highest BCUT2D eigenvalue weighted by atomic mass is 16.5. The molecule has 2 rings (SSSR count). The average molecular weight is 342 g/mol. The molecule has 25 heavy (non-hydrogen) atoms. The van der Waals surface area contributed by atoms with E-state index >= 15 is 0 Å². The smallest absolute Gasteiger partial charge is 0.257 e. The van der Waals surface area contributed by atoms with Crippen molar-refractivity contribution < 1.29 is 19.1 Å². The first kappa shape index (κ1) is 18.3. The Bertz CT molecular complexity index is 757. The van der Waals surface area contributed by atoms with Crippen molar-refractivity contribution in [3.63, 3.8) is 0 Å². The first-order valence-corrected chi connectivity index (χ1v) is 7.78. The average Bonchev–Trinajstić information content (AvgIpc) is 2.62. The number of carbonyl (C=O) groups excluding carboxylic acids is 2. The van der Waals surface area contributed by atoms with E-state index in [9.17, 15) is 9.59 Å². The van der Waals surface area contributed by atoms with Crippen LogP contribution in [0.15, 0.2) is 42.5 Å². The molecule has 0 radical (unpaired) electrons. The van der Waals surface area contributed by atoms with Crippen LogP contribution in [0, 0.1) is 6.92 Å². The number of aryl methyl sites for hydroxylation is 1. The summed E-state index contributed by atoms with van der Waals surface area (Å²) in [6.45, 7) is 1.90. The first-order chi connectivity index (χ1) is 11.9. The molecule has 0 saturated heterocycles. The number of likely N-dealkylation sites (N-methyl/N-ethyl adjacent to an activating group) is 1. The molecule has 0 saturated carbocycles. The Morgan fingerprint density at radius 2 is 1.72 bits per heavy atom. The summed E-state index contributed by atoms with van der Waals surface area (Å²) < 4.78 is 10.4. The van der Waals surface area contributed by atoms with E-state index in [4.69, 9.17) is 9.47 Å². The van der Waals surface area contributed by atoms with E-state index in [-0.39, 0.29) is 18.4 Å². The highest BCUT2D eigenvalue weighted by molar-refractivity contribution is 6.00. The lowest BCUT2D eigenvalue weighted by Crippen LogP contribution is -2.35. The fraction of sp³-hybridized carbons (Fsp3) is 0.263. The minimum atomic E-state index is -0.307. The molecule has 6 heteroatoms. The third-order valence-corrected chi connectivity index (χ3v) is 3.70. The summed E-state index contributed by atoms with van der Waals surface area (Å²) in [6.07, 6.45) is 0. The van der Waals surface area contributed by atoms with Crippen molar-refractivity contribution in [2.24, 2.45) is 0 Å². The maximum absolute atomic E-state index is 12.6. The van der Waals surface area contributed by atoms with Crippen molar-refractivity contribution in [2.75, 3.05) is 33.1 Å². The Kier molecular flexibility index (Phi) is 6.00. The number of nitrogens with zero attached hydrogens (tertiary/aromatic N) is 1. The van der Waals surface area contributed by atoms with Gasteiger partial charge >= 0.3 is 0 Å². The van der Waals surface area contributed by atoms with Gasteiger partial charge in [-0.25, -0.2) is 0 Å². The zero-order valence-corrected chi connectivity index (χ0v) is 14.8. The van der Waals surface area contributed by atoms with E-state index in [1.54, 1.807) is 25.2 Å². The standard InChI is InChI=1S/C19H22N2O4/c1-13-5-7-14(8-6-13)20-18(22)12-21(2)19(23)16-10-9-15(24-3)11-17(16)25-4/h5-11H,12H2,1-4H3,(H,20,22). The van der Waals surface area contributed by atoms with Gasteiger partial charge in [0.15, 0.2) is 0 Å². The fourth-order valence-corrected chi connectivity index (χ4v) is 2.31. The van der Waals surface area contributed by atoms with Crippen LogP contribution in [0.1, 0.15) is 15.9 Å². The molecule has 2 amide bonds. The third-order valence-electron chi connectivity index (χ3n) is 3.70. The fourth-order valence-electron chi connectivity index (χ4n) is 2.31. The SMILES string of the molecule is COc1ccc(C(=O)N(C)CC(=O)Nc2ccc(C)cc2)c(OC)c1. The van der Waals surface area contributed by atoms with Gasteiger partial charge in [0.05, 0.1) is 26.3 Å². The molecule has 0 atom stereocenters. The molecular weight excluding hydrogens is 320 g/mol. The second-order valence-corrected chi connectivity index (χ2v) is 5.64. The van der Waals surface area contributed by atoms with Crippen molar-refractivity contribution in [3.05, 3.63) is 53.6 Å². The quantitative estimate of drug-likeness (QED) is 0.876. The molecular formula is C19H22N2O4. The first-order valence-electron chi connectivity index (χ1n) is 7.78. The Balaban J connectivity index is 2.04. The van der Waals surface area contributed by atoms with Crippen molar-refractivity contribution >= 4 is 17.5 Å². The second kappa shape index (κ2) is 8.19. The zero-order chi connectivity index (χ0) is 18.4. The molecule has 2 aromatic rings. The van der Waals surface area contributed by atoms with Gasteiger partial charge in [-0.05, 0) is 31.2 Å². The molecule has 2 aromatic carbocycles. The van der Waals surface area contributed by atoms with E-state index in [1.807, 2.05) is 31.2 Å². The van der Waals surface area contributed by atoms with Crippen LogP contribution in [0.5, 0.6) is 11.5 Å². The summed E-state index contributed by atoms with van der Waals surface area (Å²) in [5, 5.41) is 2.77. The van der Waals surface area contributed by atoms with Crippen LogP contribution in [-0.2, 0) is 4.79 Å². The molecule has 0 aliphatic heterocycles. The number of hydrogen-bond donors (Lipinski definition) is 1. The molecule has 132 valence electrons. The van der Waals surface area contributed by atoms with Gasteiger partial charge < -0.3 is 19.7 Å². The van der Waals surface area contributed by atoms with Gasteiger partial charge in [-0.1, -0.05) is 17.7 Å². The predicted molar refractivity (Wildman–Crippen MR) is 96.3 cm³/mol. The summed E-state index contributed by atoms with van der Waals surface area (Å²) >= 11 is 0. The van der Waals surface area contributed by atoms with E-state index in [0.717, 1.165) is 5.56 Å². The molecule has 0 bridgehead atoms. The van der Waals surface area contributed by atoms with Gasteiger partial charge in [0.25, 0.3) is 5.91 Å². The summed E-state index contributed by atoms with van der Waals surface area (Å²) in [5.74, 6) is 0.411. The van der Waals surface area contributed by atoms with E-state index < -0.39 is 0 Å². The Morgan fingerprint density at radius 3 is 2.32 bits per heavy atom. The van der Waals surface area contributed by atoms with Crippen LogP contribution >= 0.6 is 0 Å². The molecule has 0 aliphatic rings. The number of hydrogen-bond acceptors (Lipinski definition) is 4. The highest BCUT2D eigenvalue weighted by Crippen LogP contribution is 2.25. The maximum Gasteiger partial charge on any atom is 0.257 e. The lowest BCUT2D eigenvalue weighted by Gasteiger charge is -2.18. The minimum absolute atomic E-state index is 0.0676. The van der Waals surface area contributed by atoms with E-state index in [0.29, 0.717) is 22.7 Å². The predicted octanol–water partition coefficient (Wildman–Crippen LogP) is 2.72. The topological polar surface area (TPSA) is 67.9 Å². The lowest BCUT2D eigenvalue weighted by molar-refractivity contribution is -0.116. The number of benzene rings is 2. The summed E-state index contributed by atoms with van der Waals surface area (Å²) in [4.78, 5) is 26.1. The van der Waals surface area contributed by atoms with Crippen LogP contribution in [0.25, 0.3) is 0 Å². The molecule has 0 aliphatic carbocycles. The largest absolute Gasteiger partial charge is 0.497 e. The summed E-state index contributed by atoms with van der Waals surface area (Å²) in [6, 6.07) is 12.4. The van der Waals surface area contributed by atoms with Crippen molar-refractivity contribution in [2.45, 2.75) is 6.92 Å². The van der Waals surface area contributed by atoms with Gasteiger partial charge in [-0.2, -0.15) is 0 Å². The van der Waals surface area contributed by atoms with E-state index in [1.165, 1.54) is 19.1 Å². The highest BCUT2D eigenvalue weighted by Gasteiger charge is 2.19. The van der Waals surface area contributed by atoms with Crippen LogP contribution in [0.2, 0.25) is 0 Å². The molecule has 0 aromatic heterocycles. The van der Waals surface area contributed by atoms with Gasteiger partial charge in [-0.3, -0.25) is 9.59 Å². The van der Waals surface area contributed by atoms with Crippen molar-refractivity contribution in [1.82, 2.24) is 4.90 Å². The summed E-state index contributed by atoms with van der Waals surface area (Å²) in [7, 11) is 4.59. The van der Waals surface area contributed by atoms with Crippen LogP contribution < -0.4 is 14.8 Å². The van der Waals surface area contributed by atoms with Gasteiger partial charge in [0.1, 0.15) is 11.5 Å². The Hall–Kier alpha value is -3.02.